The number of hydrogen-bond acceptors (Lipinski definition) is 4. The molecule has 6 heteroatoms. The van der Waals surface area contributed by atoms with Crippen LogP contribution in [0, 0.1) is 5.82 Å². The predicted molar refractivity (Wildman–Crippen MR) is 75.2 cm³/mol. The normalized spacial score (nSPS) is 17.9. The Hall–Kier alpha value is -1.46. The van der Waals surface area contributed by atoms with Crippen LogP contribution < -0.4 is 5.73 Å². The minimum absolute atomic E-state index is 0. The molecule has 1 aliphatic rings. The van der Waals surface area contributed by atoms with Gasteiger partial charge in [0.1, 0.15) is 5.82 Å². The standard InChI is InChI=1S/C14H16FN3O.ClH/c1-9(10-4-2-5-11(15)8-10)12-17-13(18-19-12)14(16)6-3-7-14;/h2,4-5,8-9H,3,6-7,16H2,1H3;1H. The van der Waals surface area contributed by atoms with E-state index in [0.717, 1.165) is 24.8 Å². The second-order valence-corrected chi connectivity index (χ2v) is 5.24. The Morgan fingerprint density at radius 2 is 2.15 bits per heavy atom. The molecule has 1 aromatic heterocycles. The van der Waals surface area contributed by atoms with Crippen molar-refractivity contribution in [2.24, 2.45) is 5.73 Å². The number of nitrogens with zero attached hydrogens (tertiary/aromatic N) is 2. The van der Waals surface area contributed by atoms with Crippen molar-refractivity contribution in [3.8, 4) is 0 Å². The van der Waals surface area contributed by atoms with E-state index in [9.17, 15) is 4.39 Å². The molecular weight excluding hydrogens is 281 g/mol. The Labute approximate surface area is 123 Å². The molecule has 0 spiro atoms. The molecule has 0 aliphatic heterocycles. The lowest BCUT2D eigenvalue weighted by molar-refractivity contribution is 0.228. The molecule has 1 unspecified atom stereocenters. The minimum atomic E-state index is -0.427. The Morgan fingerprint density at radius 3 is 2.75 bits per heavy atom. The average molecular weight is 298 g/mol. The molecule has 1 heterocycles. The fourth-order valence-corrected chi connectivity index (χ4v) is 2.31. The van der Waals surface area contributed by atoms with Gasteiger partial charge < -0.3 is 10.3 Å². The van der Waals surface area contributed by atoms with Gasteiger partial charge in [0, 0.05) is 0 Å². The first-order chi connectivity index (χ1) is 9.08. The summed E-state index contributed by atoms with van der Waals surface area (Å²) in [5.74, 6) is 0.647. The number of aromatic nitrogens is 2. The van der Waals surface area contributed by atoms with E-state index in [1.807, 2.05) is 13.0 Å². The Balaban J connectivity index is 0.00000147. The summed E-state index contributed by atoms with van der Waals surface area (Å²) in [6.45, 7) is 1.91. The van der Waals surface area contributed by atoms with Crippen molar-refractivity contribution in [2.75, 3.05) is 0 Å². The summed E-state index contributed by atoms with van der Waals surface area (Å²) >= 11 is 0. The third-order valence-electron chi connectivity index (χ3n) is 3.85. The number of nitrogens with two attached hydrogens (primary N) is 1. The van der Waals surface area contributed by atoms with Crippen LogP contribution in [0.3, 0.4) is 0 Å². The SMILES string of the molecule is CC(c1cccc(F)c1)c1nc(C2(N)CCC2)no1.Cl. The molecule has 0 saturated heterocycles. The van der Waals surface area contributed by atoms with Gasteiger partial charge in [-0.25, -0.2) is 4.39 Å². The molecule has 0 radical (unpaired) electrons. The van der Waals surface area contributed by atoms with E-state index in [2.05, 4.69) is 10.1 Å². The zero-order chi connectivity index (χ0) is 13.5. The molecule has 1 fully saturated rings. The van der Waals surface area contributed by atoms with Crippen LogP contribution in [0.25, 0.3) is 0 Å². The van der Waals surface area contributed by atoms with Crippen molar-refractivity contribution in [1.82, 2.24) is 10.1 Å². The van der Waals surface area contributed by atoms with Crippen LogP contribution in [0.1, 0.15) is 49.4 Å². The van der Waals surface area contributed by atoms with Gasteiger partial charge in [-0.1, -0.05) is 17.3 Å². The maximum Gasteiger partial charge on any atom is 0.233 e. The van der Waals surface area contributed by atoms with Crippen molar-refractivity contribution in [3.05, 3.63) is 47.4 Å². The fourth-order valence-electron chi connectivity index (χ4n) is 2.31. The van der Waals surface area contributed by atoms with Crippen LogP contribution in [0.2, 0.25) is 0 Å². The molecule has 1 aliphatic carbocycles. The second-order valence-electron chi connectivity index (χ2n) is 5.24. The van der Waals surface area contributed by atoms with Crippen LogP contribution in [-0.4, -0.2) is 10.1 Å². The van der Waals surface area contributed by atoms with Gasteiger partial charge in [-0.2, -0.15) is 4.98 Å². The van der Waals surface area contributed by atoms with E-state index in [1.165, 1.54) is 12.1 Å². The van der Waals surface area contributed by atoms with Gasteiger partial charge >= 0.3 is 0 Å². The van der Waals surface area contributed by atoms with E-state index in [1.54, 1.807) is 6.07 Å². The molecule has 3 rings (SSSR count). The highest BCUT2D eigenvalue weighted by Gasteiger charge is 2.39. The average Bonchev–Trinajstić information content (AvgIpc) is 2.85. The van der Waals surface area contributed by atoms with Crippen molar-refractivity contribution in [3.63, 3.8) is 0 Å². The molecule has 1 saturated carbocycles. The highest BCUT2D eigenvalue weighted by Crippen LogP contribution is 2.37. The lowest BCUT2D eigenvalue weighted by Gasteiger charge is -2.34. The quantitative estimate of drug-likeness (QED) is 0.945. The van der Waals surface area contributed by atoms with Crippen LogP contribution >= 0.6 is 12.4 Å². The second kappa shape index (κ2) is 5.50. The minimum Gasteiger partial charge on any atom is -0.339 e. The maximum atomic E-state index is 13.2. The van der Waals surface area contributed by atoms with Crippen molar-refractivity contribution >= 4 is 12.4 Å². The van der Waals surface area contributed by atoms with Gasteiger partial charge in [0.2, 0.25) is 5.89 Å². The van der Waals surface area contributed by atoms with Crippen LogP contribution in [-0.2, 0) is 5.54 Å². The lowest BCUT2D eigenvalue weighted by atomic mass is 9.77. The van der Waals surface area contributed by atoms with E-state index in [-0.39, 0.29) is 24.1 Å². The number of hydrogen-bond donors (Lipinski definition) is 1. The largest absolute Gasteiger partial charge is 0.339 e. The summed E-state index contributed by atoms with van der Waals surface area (Å²) in [7, 11) is 0. The molecule has 1 aromatic carbocycles. The third-order valence-corrected chi connectivity index (χ3v) is 3.85. The summed E-state index contributed by atoms with van der Waals surface area (Å²) in [5, 5.41) is 3.97. The van der Waals surface area contributed by atoms with Crippen molar-refractivity contribution in [1.29, 1.82) is 0 Å². The fraction of sp³-hybridized carbons (Fsp3) is 0.429. The molecule has 1 atom stereocenters. The van der Waals surface area contributed by atoms with Gasteiger partial charge in [-0.05, 0) is 43.9 Å². The molecule has 2 N–H and O–H groups in total. The molecule has 108 valence electrons. The summed E-state index contributed by atoms with van der Waals surface area (Å²) in [5.41, 5.74) is 6.54. The first-order valence-electron chi connectivity index (χ1n) is 6.47. The highest BCUT2D eigenvalue weighted by atomic mass is 35.5. The molecule has 0 bridgehead atoms. The molecule has 20 heavy (non-hydrogen) atoms. The zero-order valence-electron chi connectivity index (χ0n) is 11.2. The first kappa shape index (κ1) is 14.9. The maximum absolute atomic E-state index is 13.2. The Bertz CT molecular complexity index is 598. The van der Waals surface area contributed by atoms with Crippen LogP contribution in [0.5, 0.6) is 0 Å². The molecule has 2 aromatic rings. The topological polar surface area (TPSA) is 64.9 Å². The molecular formula is C14H17ClFN3O. The summed E-state index contributed by atoms with van der Waals surface area (Å²) in [6, 6.07) is 6.42. The van der Waals surface area contributed by atoms with Crippen molar-refractivity contribution < 1.29 is 8.91 Å². The molecule has 4 nitrogen and oxygen atoms in total. The van der Waals surface area contributed by atoms with E-state index in [4.69, 9.17) is 10.3 Å². The highest BCUT2D eigenvalue weighted by molar-refractivity contribution is 5.85. The number of benzene rings is 1. The van der Waals surface area contributed by atoms with E-state index in [0.29, 0.717) is 11.7 Å². The summed E-state index contributed by atoms with van der Waals surface area (Å²) in [6.07, 6.45) is 2.88. The Kier molecular flexibility index (Phi) is 4.11. The molecule has 0 amide bonds. The van der Waals surface area contributed by atoms with Gasteiger partial charge in [0.25, 0.3) is 0 Å². The number of halogens is 2. The van der Waals surface area contributed by atoms with Crippen molar-refractivity contribution in [2.45, 2.75) is 37.6 Å². The van der Waals surface area contributed by atoms with E-state index >= 15 is 0 Å². The number of rotatable bonds is 3. The summed E-state index contributed by atoms with van der Waals surface area (Å²) < 4.78 is 18.5. The van der Waals surface area contributed by atoms with E-state index < -0.39 is 5.54 Å². The van der Waals surface area contributed by atoms with Crippen LogP contribution in [0.15, 0.2) is 28.8 Å². The smallest absolute Gasteiger partial charge is 0.233 e. The van der Waals surface area contributed by atoms with Gasteiger partial charge in [-0.15, -0.1) is 12.4 Å². The zero-order valence-corrected chi connectivity index (χ0v) is 12.0. The monoisotopic (exact) mass is 297 g/mol. The first-order valence-corrected chi connectivity index (χ1v) is 6.47. The Morgan fingerprint density at radius 1 is 1.40 bits per heavy atom. The summed E-state index contributed by atoms with van der Waals surface area (Å²) in [4.78, 5) is 4.38. The van der Waals surface area contributed by atoms with Gasteiger partial charge in [0.05, 0.1) is 11.5 Å². The van der Waals surface area contributed by atoms with Crippen LogP contribution in [0.4, 0.5) is 4.39 Å². The lowest BCUT2D eigenvalue weighted by Crippen LogP contribution is -2.44. The predicted octanol–water partition coefficient (Wildman–Crippen LogP) is 3.12. The third kappa shape index (κ3) is 2.55. The van der Waals surface area contributed by atoms with Gasteiger partial charge in [0.15, 0.2) is 5.82 Å². The van der Waals surface area contributed by atoms with Gasteiger partial charge in [-0.3, -0.25) is 0 Å².